The lowest BCUT2D eigenvalue weighted by molar-refractivity contribution is 0.112. The first-order valence-corrected chi connectivity index (χ1v) is 6.97. The maximum atomic E-state index is 10.8. The lowest BCUT2D eigenvalue weighted by atomic mass is 10.2. The van der Waals surface area contributed by atoms with Crippen LogP contribution >= 0.6 is 12.8 Å². The average Bonchev–Trinajstić information content (AvgIpc) is 2.43. The van der Waals surface area contributed by atoms with E-state index in [9.17, 15) is 9.90 Å². The Morgan fingerprint density at radius 1 is 1.47 bits per heavy atom. The van der Waals surface area contributed by atoms with Crippen molar-refractivity contribution >= 4 is 24.8 Å². The first-order valence-electron chi connectivity index (χ1n) is 6.57. The van der Waals surface area contributed by atoms with Crippen LogP contribution in [0.2, 0.25) is 0 Å². The molecule has 4 nitrogen and oxygen atoms in total. The number of aldehydes is 1. The van der Waals surface area contributed by atoms with Crippen molar-refractivity contribution in [3.8, 4) is 0 Å². The molecule has 0 bridgehead atoms. The lowest BCUT2D eigenvalue weighted by Crippen LogP contribution is -2.31. The van der Waals surface area contributed by atoms with E-state index in [1.807, 2.05) is 22.5 Å². The normalized spacial score (nSPS) is 12.4. The van der Waals surface area contributed by atoms with Crippen molar-refractivity contribution in [1.82, 2.24) is 4.31 Å². The number of unbranched alkanes of at least 4 members (excludes halogenated alkanes) is 1. The molecule has 0 aromatic heterocycles. The van der Waals surface area contributed by atoms with Crippen LogP contribution in [0.15, 0.2) is 24.3 Å². The van der Waals surface area contributed by atoms with Crippen LogP contribution in [0.1, 0.15) is 30.1 Å². The van der Waals surface area contributed by atoms with E-state index in [-0.39, 0.29) is 0 Å². The first kappa shape index (κ1) is 16.0. The number of carbonyl (C=O) groups excluding carboxylic acids is 1. The number of aliphatic hydroxyl groups excluding tert-OH is 1. The number of nitrogens with one attached hydrogen (secondary N) is 1. The number of benzene rings is 1. The number of carbonyl (C=O) groups is 1. The molecule has 19 heavy (non-hydrogen) atoms. The molecule has 0 spiro atoms. The minimum absolute atomic E-state index is 0.397. The summed E-state index contributed by atoms with van der Waals surface area (Å²) >= 11 is 4.31. The highest BCUT2D eigenvalue weighted by Crippen LogP contribution is 2.12. The van der Waals surface area contributed by atoms with Gasteiger partial charge >= 0.3 is 0 Å². The third-order valence-corrected chi connectivity index (χ3v) is 3.17. The Bertz CT molecular complexity index is 387. The molecule has 0 saturated carbocycles. The lowest BCUT2D eigenvalue weighted by Gasteiger charge is -2.20. The van der Waals surface area contributed by atoms with E-state index in [2.05, 4.69) is 25.1 Å². The highest BCUT2D eigenvalue weighted by molar-refractivity contribution is 7.77. The van der Waals surface area contributed by atoms with E-state index in [0.29, 0.717) is 18.7 Å². The topological polar surface area (TPSA) is 52.6 Å². The van der Waals surface area contributed by atoms with Crippen molar-refractivity contribution in [3.05, 3.63) is 29.8 Å². The number of nitrogens with zero attached hydrogens (tertiary/aromatic N) is 1. The van der Waals surface area contributed by atoms with E-state index < -0.39 is 6.10 Å². The predicted octanol–water partition coefficient (Wildman–Crippen LogP) is 2.22. The molecule has 0 radical (unpaired) electrons. The van der Waals surface area contributed by atoms with Crippen LogP contribution in [0.3, 0.4) is 0 Å². The number of anilines is 1. The summed E-state index contributed by atoms with van der Waals surface area (Å²) in [6.07, 6.45) is 2.46. The molecule has 0 amide bonds. The Kier molecular flexibility index (Phi) is 7.55. The minimum atomic E-state index is -0.519. The molecule has 0 saturated heterocycles. The number of aliphatic hydroxyl groups is 1. The largest absolute Gasteiger partial charge is 0.390 e. The highest BCUT2D eigenvalue weighted by atomic mass is 32.1. The molecule has 1 aromatic carbocycles. The molecule has 106 valence electrons. The molecule has 5 heteroatoms. The fourth-order valence-electron chi connectivity index (χ4n) is 1.73. The Morgan fingerprint density at radius 2 is 2.21 bits per heavy atom. The molecular formula is C14H22N2O2S. The van der Waals surface area contributed by atoms with Crippen LogP contribution in [0.5, 0.6) is 0 Å². The van der Waals surface area contributed by atoms with Crippen LogP contribution < -0.4 is 5.32 Å². The molecule has 0 fully saturated rings. The zero-order valence-electron chi connectivity index (χ0n) is 11.2. The summed E-state index contributed by atoms with van der Waals surface area (Å²) in [6, 6.07) is 7.24. The molecule has 0 aliphatic carbocycles. The molecule has 0 aliphatic rings. The van der Waals surface area contributed by atoms with Gasteiger partial charge < -0.3 is 10.4 Å². The van der Waals surface area contributed by atoms with Gasteiger partial charge in [0.15, 0.2) is 6.29 Å². The fourth-order valence-corrected chi connectivity index (χ4v) is 2.06. The summed E-state index contributed by atoms with van der Waals surface area (Å²) in [7, 11) is 0. The zero-order chi connectivity index (χ0) is 14.1. The summed E-state index contributed by atoms with van der Waals surface area (Å²) in [5.74, 6) is 0. The average molecular weight is 282 g/mol. The van der Waals surface area contributed by atoms with Crippen molar-refractivity contribution in [2.24, 2.45) is 0 Å². The second kappa shape index (κ2) is 8.96. The van der Waals surface area contributed by atoms with E-state index in [1.165, 1.54) is 0 Å². The van der Waals surface area contributed by atoms with Gasteiger partial charge in [-0.3, -0.25) is 9.10 Å². The van der Waals surface area contributed by atoms with Crippen LogP contribution in [0, 0.1) is 0 Å². The quantitative estimate of drug-likeness (QED) is 0.480. The maximum Gasteiger partial charge on any atom is 0.152 e. The Balaban J connectivity index is 2.37. The molecule has 1 aromatic rings. The Morgan fingerprint density at radius 3 is 2.89 bits per heavy atom. The number of rotatable bonds is 9. The molecule has 1 atom stereocenters. The number of thiol groups is 1. The van der Waals surface area contributed by atoms with Gasteiger partial charge in [0.1, 0.15) is 0 Å². The Labute approximate surface area is 120 Å². The smallest absolute Gasteiger partial charge is 0.152 e. The SMILES string of the molecule is CCCCN(S)CC(O)CNc1ccccc1C=O. The van der Waals surface area contributed by atoms with Crippen LogP contribution in [0.4, 0.5) is 5.69 Å². The molecule has 0 aliphatic heterocycles. The van der Waals surface area contributed by atoms with Crippen molar-refractivity contribution in [2.45, 2.75) is 25.9 Å². The van der Waals surface area contributed by atoms with Gasteiger partial charge in [0.25, 0.3) is 0 Å². The highest BCUT2D eigenvalue weighted by Gasteiger charge is 2.09. The van der Waals surface area contributed by atoms with Gasteiger partial charge in [0.05, 0.1) is 6.10 Å². The fraction of sp³-hybridized carbons (Fsp3) is 0.500. The number of hydrogen-bond donors (Lipinski definition) is 3. The molecule has 1 rings (SSSR count). The van der Waals surface area contributed by atoms with Gasteiger partial charge in [0.2, 0.25) is 0 Å². The third kappa shape index (κ3) is 6.09. The molecule has 2 N–H and O–H groups in total. The third-order valence-electron chi connectivity index (χ3n) is 2.81. The Hall–Kier alpha value is -1.04. The second-order valence-electron chi connectivity index (χ2n) is 4.51. The van der Waals surface area contributed by atoms with Gasteiger partial charge in [-0.2, -0.15) is 0 Å². The minimum Gasteiger partial charge on any atom is -0.390 e. The van der Waals surface area contributed by atoms with Crippen molar-refractivity contribution < 1.29 is 9.90 Å². The zero-order valence-corrected chi connectivity index (χ0v) is 12.1. The summed E-state index contributed by atoms with van der Waals surface area (Å²) in [6.45, 7) is 3.88. The molecule has 0 heterocycles. The van der Waals surface area contributed by atoms with Gasteiger partial charge in [-0.05, 0) is 18.6 Å². The van der Waals surface area contributed by atoms with Gasteiger partial charge in [-0.1, -0.05) is 38.3 Å². The van der Waals surface area contributed by atoms with Crippen molar-refractivity contribution in [2.75, 3.05) is 25.0 Å². The van der Waals surface area contributed by atoms with E-state index in [0.717, 1.165) is 31.4 Å². The molecule has 1 unspecified atom stereocenters. The van der Waals surface area contributed by atoms with E-state index in [4.69, 9.17) is 0 Å². The summed E-state index contributed by atoms with van der Waals surface area (Å²) in [4.78, 5) is 10.8. The maximum absolute atomic E-state index is 10.8. The van der Waals surface area contributed by atoms with Crippen LogP contribution in [-0.4, -0.2) is 41.4 Å². The standard InChI is InChI=1S/C14H22N2O2S/c1-2-3-8-16(19)10-13(18)9-15-14-7-5-4-6-12(14)11-17/h4-7,11,13,15,18-19H,2-3,8-10H2,1H3. The summed E-state index contributed by atoms with van der Waals surface area (Å²) in [5, 5.41) is 13.0. The molecular weight excluding hydrogens is 260 g/mol. The van der Waals surface area contributed by atoms with E-state index >= 15 is 0 Å². The summed E-state index contributed by atoms with van der Waals surface area (Å²) < 4.78 is 1.82. The number of para-hydroxylation sites is 1. The summed E-state index contributed by atoms with van der Waals surface area (Å²) in [5.41, 5.74) is 1.35. The van der Waals surface area contributed by atoms with Gasteiger partial charge in [0, 0.05) is 30.9 Å². The number of hydrogen-bond acceptors (Lipinski definition) is 5. The second-order valence-corrected chi connectivity index (χ2v) is 5.07. The predicted molar refractivity (Wildman–Crippen MR) is 81.8 cm³/mol. The van der Waals surface area contributed by atoms with Crippen molar-refractivity contribution in [3.63, 3.8) is 0 Å². The van der Waals surface area contributed by atoms with Gasteiger partial charge in [-0.25, -0.2) is 0 Å². The van der Waals surface area contributed by atoms with E-state index in [1.54, 1.807) is 6.07 Å². The monoisotopic (exact) mass is 282 g/mol. The van der Waals surface area contributed by atoms with Crippen molar-refractivity contribution in [1.29, 1.82) is 0 Å². The van der Waals surface area contributed by atoms with Gasteiger partial charge in [-0.15, -0.1) is 0 Å². The first-order chi connectivity index (χ1) is 9.17. The van der Waals surface area contributed by atoms with Crippen LogP contribution in [-0.2, 0) is 0 Å². The van der Waals surface area contributed by atoms with Crippen LogP contribution in [0.25, 0.3) is 0 Å².